The van der Waals surface area contributed by atoms with Crippen LogP contribution in [0.5, 0.6) is 0 Å². The molecule has 9 nitrogen and oxygen atoms in total. The molecule has 146 valence electrons. The van der Waals surface area contributed by atoms with Crippen molar-refractivity contribution in [2.45, 2.75) is 5.92 Å². The maximum absolute atomic E-state index is 13.1. The van der Waals surface area contributed by atoms with E-state index in [2.05, 4.69) is 9.72 Å². The van der Waals surface area contributed by atoms with Gasteiger partial charge < -0.3 is 23.8 Å². The van der Waals surface area contributed by atoms with Crippen molar-refractivity contribution in [3.8, 4) is 0 Å². The second kappa shape index (κ2) is 8.34. The molecule has 1 aromatic rings. The van der Waals surface area contributed by atoms with Gasteiger partial charge in [-0.25, -0.2) is 9.78 Å². The van der Waals surface area contributed by atoms with E-state index in [4.69, 9.17) is 4.74 Å². The number of ether oxygens (including phenoxy) is 2. The molecule has 0 radical (unpaired) electrons. The minimum atomic E-state index is -0.593. The summed E-state index contributed by atoms with van der Waals surface area (Å²) in [4.78, 5) is 44.5. The number of carbonyl (C=O) groups excluding carboxylic acids is 3. The van der Waals surface area contributed by atoms with Gasteiger partial charge >= 0.3 is 5.97 Å². The lowest BCUT2D eigenvalue weighted by Gasteiger charge is -2.30. The van der Waals surface area contributed by atoms with Crippen molar-refractivity contribution in [1.82, 2.24) is 19.4 Å². The lowest BCUT2D eigenvalue weighted by Crippen LogP contribution is -2.45. The Morgan fingerprint density at radius 3 is 2.56 bits per heavy atom. The summed E-state index contributed by atoms with van der Waals surface area (Å²) in [6.07, 6.45) is 5.84. The molecule has 0 spiro atoms. The van der Waals surface area contributed by atoms with E-state index in [0.29, 0.717) is 39.4 Å². The van der Waals surface area contributed by atoms with E-state index in [-0.39, 0.29) is 23.7 Å². The maximum Gasteiger partial charge on any atom is 0.330 e. The molecule has 0 aromatic carbocycles. The SMILES string of the molecule is COC(=O)/C=C/C(=O)N1C[C@H](C(=O)N2CCOCC2)[C@@H](c2cn(C)cn2)C1. The fraction of sp³-hybridized carbons (Fsp3) is 0.556. The fourth-order valence-corrected chi connectivity index (χ4v) is 3.49. The number of aryl methyl sites for hydroxylation is 1. The lowest BCUT2D eigenvalue weighted by atomic mass is 9.92. The van der Waals surface area contributed by atoms with Gasteiger partial charge in [-0.1, -0.05) is 0 Å². The van der Waals surface area contributed by atoms with Gasteiger partial charge in [0.2, 0.25) is 11.8 Å². The summed E-state index contributed by atoms with van der Waals surface area (Å²) in [5.74, 6) is -1.45. The number of nitrogens with zero attached hydrogens (tertiary/aromatic N) is 4. The first-order valence-corrected chi connectivity index (χ1v) is 8.89. The highest BCUT2D eigenvalue weighted by Gasteiger charge is 2.42. The van der Waals surface area contributed by atoms with Crippen molar-refractivity contribution in [2.24, 2.45) is 13.0 Å². The molecule has 0 saturated carbocycles. The van der Waals surface area contributed by atoms with Crippen LogP contribution < -0.4 is 0 Å². The number of carbonyl (C=O) groups is 3. The quantitative estimate of drug-likeness (QED) is 0.522. The summed E-state index contributed by atoms with van der Waals surface area (Å²) in [6, 6.07) is 0. The van der Waals surface area contributed by atoms with Crippen molar-refractivity contribution in [3.05, 3.63) is 30.4 Å². The Bertz CT molecular complexity index is 738. The van der Waals surface area contributed by atoms with Crippen LogP contribution in [0.4, 0.5) is 0 Å². The molecule has 0 unspecified atom stereocenters. The highest BCUT2D eigenvalue weighted by molar-refractivity contribution is 5.95. The molecule has 0 N–H and O–H groups in total. The van der Waals surface area contributed by atoms with Crippen molar-refractivity contribution in [2.75, 3.05) is 46.5 Å². The van der Waals surface area contributed by atoms with Crippen LogP contribution >= 0.6 is 0 Å². The van der Waals surface area contributed by atoms with Crippen molar-refractivity contribution < 1.29 is 23.9 Å². The van der Waals surface area contributed by atoms with E-state index >= 15 is 0 Å². The molecule has 2 saturated heterocycles. The third-order valence-electron chi connectivity index (χ3n) is 4.94. The number of rotatable bonds is 4. The Hall–Kier alpha value is -2.68. The molecule has 1 aromatic heterocycles. The summed E-state index contributed by atoms with van der Waals surface area (Å²) >= 11 is 0. The zero-order valence-corrected chi connectivity index (χ0v) is 15.5. The second-order valence-electron chi connectivity index (χ2n) is 6.71. The van der Waals surface area contributed by atoms with Gasteiger partial charge in [0.25, 0.3) is 0 Å². The van der Waals surface area contributed by atoms with Crippen molar-refractivity contribution >= 4 is 17.8 Å². The van der Waals surface area contributed by atoms with E-state index in [1.807, 2.05) is 17.8 Å². The molecular formula is C18H24N4O5. The average Bonchev–Trinajstić information content (AvgIpc) is 3.32. The van der Waals surface area contributed by atoms with Crippen LogP contribution in [0.3, 0.4) is 0 Å². The van der Waals surface area contributed by atoms with Gasteiger partial charge in [-0.2, -0.15) is 0 Å². The molecule has 2 atom stereocenters. The third-order valence-corrected chi connectivity index (χ3v) is 4.94. The standard InChI is InChI=1S/C18H24N4O5/c1-20-11-15(19-12-20)13-9-22(16(23)3-4-17(24)26-2)10-14(13)18(25)21-5-7-27-8-6-21/h3-4,11-14H,5-10H2,1-2H3/b4-3+/t13-,14-/m0/s1. The largest absolute Gasteiger partial charge is 0.466 e. The van der Waals surface area contributed by atoms with Crippen LogP contribution in [0.2, 0.25) is 0 Å². The number of hydrogen-bond donors (Lipinski definition) is 0. The number of hydrogen-bond acceptors (Lipinski definition) is 6. The molecule has 27 heavy (non-hydrogen) atoms. The Morgan fingerprint density at radius 2 is 1.93 bits per heavy atom. The van der Waals surface area contributed by atoms with Gasteiger partial charge in [0.05, 0.1) is 38.3 Å². The number of likely N-dealkylation sites (tertiary alicyclic amines) is 1. The lowest BCUT2D eigenvalue weighted by molar-refractivity contribution is -0.140. The summed E-state index contributed by atoms with van der Waals surface area (Å²) in [6.45, 7) is 2.83. The van der Waals surface area contributed by atoms with Crippen LogP contribution in [-0.4, -0.2) is 83.6 Å². The van der Waals surface area contributed by atoms with Gasteiger partial charge in [0, 0.05) is 57.5 Å². The van der Waals surface area contributed by atoms with E-state index in [9.17, 15) is 14.4 Å². The Balaban J connectivity index is 1.78. The number of morpholine rings is 1. The summed E-state index contributed by atoms with van der Waals surface area (Å²) < 4.78 is 11.7. The van der Waals surface area contributed by atoms with E-state index in [1.54, 1.807) is 16.1 Å². The van der Waals surface area contributed by atoms with Crippen LogP contribution in [-0.2, 0) is 30.9 Å². The van der Waals surface area contributed by atoms with E-state index < -0.39 is 5.97 Å². The molecule has 3 heterocycles. The topological polar surface area (TPSA) is 94.0 Å². The van der Waals surface area contributed by atoms with Crippen LogP contribution in [0.15, 0.2) is 24.7 Å². The molecule has 9 heteroatoms. The summed E-state index contributed by atoms with van der Waals surface area (Å²) in [7, 11) is 3.12. The summed E-state index contributed by atoms with van der Waals surface area (Å²) in [5.41, 5.74) is 0.788. The van der Waals surface area contributed by atoms with Gasteiger partial charge in [-0.05, 0) is 0 Å². The number of amides is 2. The Labute approximate surface area is 157 Å². The van der Waals surface area contributed by atoms with Gasteiger partial charge in [-0.15, -0.1) is 0 Å². The number of aromatic nitrogens is 2. The summed E-state index contributed by atoms with van der Waals surface area (Å²) in [5, 5.41) is 0. The Morgan fingerprint density at radius 1 is 1.19 bits per heavy atom. The van der Waals surface area contributed by atoms with Crippen molar-refractivity contribution in [1.29, 1.82) is 0 Å². The molecule has 3 rings (SSSR count). The molecule has 0 aliphatic carbocycles. The van der Waals surface area contributed by atoms with Crippen LogP contribution in [0.25, 0.3) is 0 Å². The van der Waals surface area contributed by atoms with Gasteiger partial charge in [0.15, 0.2) is 0 Å². The second-order valence-corrected chi connectivity index (χ2v) is 6.71. The zero-order chi connectivity index (χ0) is 19.4. The van der Waals surface area contributed by atoms with E-state index in [1.165, 1.54) is 13.2 Å². The van der Waals surface area contributed by atoms with Gasteiger partial charge in [-0.3, -0.25) is 9.59 Å². The predicted octanol–water partition coefficient (Wildman–Crippen LogP) is -0.450. The number of methoxy groups -OCH3 is 1. The molecule has 2 amide bonds. The minimum Gasteiger partial charge on any atom is -0.466 e. The maximum atomic E-state index is 13.1. The molecule has 2 aliphatic heterocycles. The highest BCUT2D eigenvalue weighted by atomic mass is 16.5. The van der Waals surface area contributed by atoms with Crippen LogP contribution in [0, 0.1) is 5.92 Å². The minimum absolute atomic E-state index is 0.0150. The molecule has 0 bridgehead atoms. The first-order valence-electron chi connectivity index (χ1n) is 8.89. The smallest absolute Gasteiger partial charge is 0.330 e. The van der Waals surface area contributed by atoms with E-state index in [0.717, 1.165) is 11.8 Å². The number of imidazole rings is 1. The zero-order valence-electron chi connectivity index (χ0n) is 15.5. The first kappa shape index (κ1) is 19.1. The first-order chi connectivity index (χ1) is 13.0. The molecular weight excluding hydrogens is 352 g/mol. The molecule has 2 aliphatic rings. The molecule has 2 fully saturated rings. The van der Waals surface area contributed by atoms with Gasteiger partial charge in [0.1, 0.15) is 0 Å². The Kier molecular flexibility index (Phi) is 5.90. The monoisotopic (exact) mass is 376 g/mol. The average molecular weight is 376 g/mol. The fourth-order valence-electron chi connectivity index (χ4n) is 3.49. The van der Waals surface area contributed by atoms with Crippen LogP contribution in [0.1, 0.15) is 11.6 Å². The normalized spacial score (nSPS) is 23.0. The number of esters is 1. The highest BCUT2D eigenvalue weighted by Crippen LogP contribution is 2.33. The predicted molar refractivity (Wildman–Crippen MR) is 94.6 cm³/mol. The van der Waals surface area contributed by atoms with Crippen molar-refractivity contribution in [3.63, 3.8) is 0 Å². The third kappa shape index (κ3) is 4.36.